The highest BCUT2D eigenvalue weighted by atomic mass is 32.2. The van der Waals surface area contributed by atoms with Crippen LogP contribution in [0.2, 0.25) is 0 Å². The van der Waals surface area contributed by atoms with Gasteiger partial charge in [-0.3, -0.25) is 0 Å². The molecule has 1 saturated carbocycles. The van der Waals surface area contributed by atoms with Crippen molar-refractivity contribution in [3.63, 3.8) is 0 Å². The molecular formula is C14H21NOS. The van der Waals surface area contributed by atoms with Gasteiger partial charge in [-0.15, -0.1) is 11.8 Å². The van der Waals surface area contributed by atoms with Crippen molar-refractivity contribution in [2.45, 2.75) is 48.3 Å². The van der Waals surface area contributed by atoms with E-state index in [1.165, 1.54) is 16.9 Å². The summed E-state index contributed by atoms with van der Waals surface area (Å²) in [5.41, 5.74) is 7.12. The molecule has 0 aliphatic heterocycles. The number of rotatable bonds is 3. The van der Waals surface area contributed by atoms with Gasteiger partial charge in [0.2, 0.25) is 0 Å². The first-order chi connectivity index (χ1) is 8.11. The quantitative estimate of drug-likeness (QED) is 0.868. The lowest BCUT2D eigenvalue weighted by Crippen LogP contribution is -2.48. The Hall–Kier alpha value is -0.510. The largest absolute Gasteiger partial charge is 0.394 e. The summed E-state index contributed by atoms with van der Waals surface area (Å²) >= 11 is 1.91. The van der Waals surface area contributed by atoms with E-state index in [-0.39, 0.29) is 12.1 Å². The van der Waals surface area contributed by atoms with Gasteiger partial charge in [0.15, 0.2) is 0 Å². The average Bonchev–Trinajstić information content (AvgIpc) is 2.29. The van der Waals surface area contributed by atoms with Crippen molar-refractivity contribution >= 4 is 11.8 Å². The topological polar surface area (TPSA) is 46.2 Å². The van der Waals surface area contributed by atoms with Gasteiger partial charge >= 0.3 is 0 Å². The predicted octanol–water partition coefficient (Wildman–Crippen LogP) is 2.72. The third kappa shape index (κ3) is 3.47. The highest BCUT2D eigenvalue weighted by molar-refractivity contribution is 8.00. The third-order valence-corrected chi connectivity index (χ3v) is 4.70. The van der Waals surface area contributed by atoms with E-state index in [0.717, 1.165) is 19.3 Å². The number of hydrogen-bond donors (Lipinski definition) is 2. The van der Waals surface area contributed by atoms with Crippen LogP contribution in [-0.4, -0.2) is 22.5 Å². The molecule has 0 radical (unpaired) electrons. The van der Waals surface area contributed by atoms with E-state index >= 15 is 0 Å². The standard InChI is InChI=1S/C14H21NOS/c1-11-4-2-5-12(8-11)17-13-6-3-7-14(15,9-13)10-16/h2,4-5,8,13,16H,3,6-7,9-10,15H2,1H3. The molecule has 3 heteroatoms. The minimum absolute atomic E-state index is 0.109. The lowest BCUT2D eigenvalue weighted by molar-refractivity contribution is 0.159. The van der Waals surface area contributed by atoms with Crippen molar-refractivity contribution in [3.8, 4) is 0 Å². The van der Waals surface area contributed by atoms with Crippen LogP contribution in [0, 0.1) is 6.92 Å². The number of aliphatic hydroxyl groups excluding tert-OH is 1. The Morgan fingerprint density at radius 1 is 1.53 bits per heavy atom. The maximum Gasteiger partial charge on any atom is 0.0611 e. The fourth-order valence-electron chi connectivity index (χ4n) is 2.46. The van der Waals surface area contributed by atoms with Crippen LogP contribution in [0.3, 0.4) is 0 Å². The summed E-state index contributed by atoms with van der Waals surface area (Å²) in [6, 6.07) is 8.59. The molecule has 0 amide bonds. The normalized spacial score (nSPS) is 29.2. The van der Waals surface area contributed by atoms with Gasteiger partial charge in [0.25, 0.3) is 0 Å². The molecule has 94 valence electrons. The highest BCUT2D eigenvalue weighted by Gasteiger charge is 2.32. The molecule has 2 unspecified atom stereocenters. The summed E-state index contributed by atoms with van der Waals surface area (Å²) in [7, 11) is 0. The third-order valence-electron chi connectivity index (χ3n) is 3.44. The number of hydrogen-bond acceptors (Lipinski definition) is 3. The molecule has 1 aromatic carbocycles. The summed E-state index contributed by atoms with van der Waals surface area (Å²) in [5.74, 6) is 0. The van der Waals surface area contributed by atoms with Crippen LogP contribution >= 0.6 is 11.8 Å². The second kappa shape index (κ2) is 5.42. The summed E-state index contributed by atoms with van der Waals surface area (Å²) in [5, 5.41) is 9.89. The van der Waals surface area contributed by atoms with E-state index in [0.29, 0.717) is 5.25 Å². The number of aliphatic hydroxyl groups is 1. The fraction of sp³-hybridized carbons (Fsp3) is 0.571. The van der Waals surface area contributed by atoms with E-state index in [9.17, 15) is 5.11 Å². The van der Waals surface area contributed by atoms with E-state index < -0.39 is 0 Å². The predicted molar refractivity (Wildman–Crippen MR) is 73.3 cm³/mol. The number of thioether (sulfide) groups is 1. The number of nitrogens with two attached hydrogens (primary N) is 1. The van der Waals surface area contributed by atoms with E-state index in [2.05, 4.69) is 31.2 Å². The summed E-state index contributed by atoms with van der Waals surface area (Å²) in [6.45, 7) is 2.23. The van der Waals surface area contributed by atoms with Gasteiger partial charge in [-0.05, 0) is 38.3 Å². The molecule has 17 heavy (non-hydrogen) atoms. The Morgan fingerprint density at radius 3 is 3.06 bits per heavy atom. The lowest BCUT2D eigenvalue weighted by Gasteiger charge is -2.36. The zero-order chi connectivity index (χ0) is 12.3. The maximum absolute atomic E-state index is 9.34. The van der Waals surface area contributed by atoms with Gasteiger partial charge in [-0.2, -0.15) is 0 Å². The molecule has 2 nitrogen and oxygen atoms in total. The Morgan fingerprint density at radius 2 is 2.35 bits per heavy atom. The van der Waals surface area contributed by atoms with Crippen molar-refractivity contribution in [2.24, 2.45) is 5.73 Å². The smallest absolute Gasteiger partial charge is 0.0611 e. The van der Waals surface area contributed by atoms with Gasteiger partial charge in [0.05, 0.1) is 6.61 Å². The minimum atomic E-state index is -0.347. The summed E-state index contributed by atoms with van der Waals surface area (Å²) in [4.78, 5) is 1.32. The van der Waals surface area contributed by atoms with E-state index in [4.69, 9.17) is 5.73 Å². The van der Waals surface area contributed by atoms with Crippen LogP contribution < -0.4 is 5.73 Å². The minimum Gasteiger partial charge on any atom is -0.394 e. The monoisotopic (exact) mass is 251 g/mol. The number of benzene rings is 1. The zero-order valence-electron chi connectivity index (χ0n) is 10.4. The average molecular weight is 251 g/mol. The Labute approximate surface area is 108 Å². The summed E-state index contributed by atoms with van der Waals surface area (Å²) in [6.07, 6.45) is 4.20. The SMILES string of the molecule is Cc1cccc(SC2CCCC(N)(CO)C2)c1. The van der Waals surface area contributed by atoms with Gasteiger partial charge in [0, 0.05) is 15.7 Å². The van der Waals surface area contributed by atoms with Crippen LogP contribution in [0.25, 0.3) is 0 Å². The first-order valence-corrected chi connectivity index (χ1v) is 7.12. The van der Waals surface area contributed by atoms with Crippen LogP contribution in [0.4, 0.5) is 0 Å². The van der Waals surface area contributed by atoms with Gasteiger partial charge < -0.3 is 10.8 Å². The van der Waals surface area contributed by atoms with E-state index in [1.54, 1.807) is 0 Å². The Balaban J connectivity index is 1.99. The van der Waals surface area contributed by atoms with Crippen LogP contribution in [-0.2, 0) is 0 Å². The van der Waals surface area contributed by atoms with Crippen molar-refractivity contribution in [1.29, 1.82) is 0 Å². The van der Waals surface area contributed by atoms with Gasteiger partial charge in [-0.1, -0.05) is 24.1 Å². The lowest BCUT2D eigenvalue weighted by atomic mass is 9.83. The molecular weight excluding hydrogens is 230 g/mol. The molecule has 2 atom stereocenters. The molecule has 1 fully saturated rings. The molecule has 1 aliphatic carbocycles. The molecule has 1 aliphatic rings. The molecule has 0 aromatic heterocycles. The first kappa shape index (κ1) is 12.9. The van der Waals surface area contributed by atoms with Crippen LogP contribution in [0.15, 0.2) is 29.2 Å². The second-order valence-corrected chi connectivity index (χ2v) is 6.55. The molecule has 3 N–H and O–H groups in total. The van der Waals surface area contributed by atoms with Crippen LogP contribution in [0.1, 0.15) is 31.2 Å². The van der Waals surface area contributed by atoms with Crippen molar-refractivity contribution < 1.29 is 5.11 Å². The van der Waals surface area contributed by atoms with Gasteiger partial charge in [-0.25, -0.2) is 0 Å². The Kier molecular flexibility index (Phi) is 4.13. The fourth-order valence-corrected chi connectivity index (χ4v) is 3.96. The zero-order valence-corrected chi connectivity index (χ0v) is 11.2. The van der Waals surface area contributed by atoms with Crippen molar-refractivity contribution in [1.82, 2.24) is 0 Å². The maximum atomic E-state index is 9.34. The molecule has 0 spiro atoms. The molecule has 1 aromatic rings. The Bertz CT molecular complexity index is 382. The van der Waals surface area contributed by atoms with Crippen molar-refractivity contribution in [2.75, 3.05) is 6.61 Å². The second-order valence-electron chi connectivity index (χ2n) is 5.17. The summed E-state index contributed by atoms with van der Waals surface area (Å²) < 4.78 is 0. The molecule has 0 heterocycles. The molecule has 0 bridgehead atoms. The number of aryl methyl sites for hydroxylation is 1. The van der Waals surface area contributed by atoms with E-state index in [1.807, 2.05) is 11.8 Å². The molecule has 0 saturated heterocycles. The van der Waals surface area contributed by atoms with Crippen LogP contribution in [0.5, 0.6) is 0 Å². The highest BCUT2D eigenvalue weighted by Crippen LogP contribution is 2.37. The van der Waals surface area contributed by atoms with Gasteiger partial charge in [0.1, 0.15) is 0 Å². The van der Waals surface area contributed by atoms with Crippen molar-refractivity contribution in [3.05, 3.63) is 29.8 Å². The first-order valence-electron chi connectivity index (χ1n) is 6.24. The molecule has 2 rings (SSSR count).